The van der Waals surface area contributed by atoms with Crippen LogP contribution in [0.4, 0.5) is 17.1 Å². The van der Waals surface area contributed by atoms with Gasteiger partial charge in [-0.2, -0.15) is 0 Å². The summed E-state index contributed by atoms with van der Waals surface area (Å²) in [5.74, 6) is -0.630. The van der Waals surface area contributed by atoms with Gasteiger partial charge in [-0.1, -0.05) is 11.6 Å². The first-order valence-corrected chi connectivity index (χ1v) is 8.99. The van der Waals surface area contributed by atoms with Gasteiger partial charge in [-0.15, -0.1) is 0 Å². The highest BCUT2D eigenvalue weighted by Gasteiger charge is 2.37. The third kappa shape index (κ3) is 4.24. The van der Waals surface area contributed by atoms with Gasteiger partial charge in [0.2, 0.25) is 11.8 Å². The number of hydrogen-bond donors (Lipinski definition) is 1. The van der Waals surface area contributed by atoms with Crippen LogP contribution in [0.2, 0.25) is 5.02 Å². The minimum atomic E-state index is -0.619. The SMILES string of the molecule is COc1ccc(Cl)cc1NC(=O)[C@@H]1CC(=O)N(c2ccc([N+](=O)[O-])cc2OC)C1. The molecule has 1 saturated heterocycles. The van der Waals surface area contributed by atoms with E-state index in [4.69, 9.17) is 21.1 Å². The second kappa shape index (κ2) is 8.36. The molecule has 2 aromatic carbocycles. The Morgan fingerprint density at radius 2 is 1.93 bits per heavy atom. The predicted octanol–water partition coefficient (Wildman–Crippen LogP) is 3.26. The number of nitro groups is 1. The van der Waals surface area contributed by atoms with Gasteiger partial charge < -0.3 is 19.7 Å². The van der Waals surface area contributed by atoms with Crippen molar-refractivity contribution in [3.8, 4) is 11.5 Å². The van der Waals surface area contributed by atoms with Gasteiger partial charge in [-0.05, 0) is 24.3 Å². The fraction of sp³-hybridized carbons (Fsp3) is 0.263. The highest BCUT2D eigenvalue weighted by molar-refractivity contribution is 6.31. The van der Waals surface area contributed by atoms with Crippen molar-refractivity contribution in [2.45, 2.75) is 6.42 Å². The lowest BCUT2D eigenvalue weighted by molar-refractivity contribution is -0.384. The Balaban J connectivity index is 1.79. The van der Waals surface area contributed by atoms with Crippen LogP contribution in [0.15, 0.2) is 36.4 Å². The van der Waals surface area contributed by atoms with Crippen LogP contribution < -0.4 is 19.7 Å². The molecule has 0 aromatic heterocycles. The molecular formula is C19H18ClN3O6. The number of carbonyl (C=O) groups excluding carboxylic acids is 2. The number of rotatable bonds is 6. The molecule has 152 valence electrons. The average molecular weight is 420 g/mol. The molecule has 0 aliphatic carbocycles. The molecule has 3 rings (SSSR count). The smallest absolute Gasteiger partial charge is 0.273 e. The van der Waals surface area contributed by atoms with Gasteiger partial charge in [-0.25, -0.2) is 0 Å². The number of nitrogens with one attached hydrogen (secondary N) is 1. The number of anilines is 2. The lowest BCUT2D eigenvalue weighted by Crippen LogP contribution is -2.28. The van der Waals surface area contributed by atoms with Gasteiger partial charge in [0.05, 0.1) is 42.5 Å². The molecule has 1 N–H and O–H groups in total. The van der Waals surface area contributed by atoms with E-state index in [-0.39, 0.29) is 36.2 Å². The second-order valence-corrected chi connectivity index (χ2v) is 6.79. The molecule has 0 radical (unpaired) electrons. The fourth-order valence-corrected chi connectivity index (χ4v) is 3.30. The lowest BCUT2D eigenvalue weighted by atomic mass is 10.1. The van der Waals surface area contributed by atoms with Crippen LogP contribution in [-0.4, -0.2) is 37.5 Å². The number of ether oxygens (including phenoxy) is 2. The maximum Gasteiger partial charge on any atom is 0.273 e. The van der Waals surface area contributed by atoms with Crippen LogP contribution in [0.5, 0.6) is 11.5 Å². The van der Waals surface area contributed by atoms with Crippen molar-refractivity contribution in [2.24, 2.45) is 5.92 Å². The van der Waals surface area contributed by atoms with E-state index in [1.807, 2.05) is 0 Å². The van der Waals surface area contributed by atoms with Crippen LogP contribution in [-0.2, 0) is 9.59 Å². The summed E-state index contributed by atoms with van der Waals surface area (Å²) >= 11 is 5.98. The van der Waals surface area contributed by atoms with Gasteiger partial charge in [0.25, 0.3) is 5.69 Å². The Kier molecular flexibility index (Phi) is 5.88. The summed E-state index contributed by atoms with van der Waals surface area (Å²) < 4.78 is 10.4. The van der Waals surface area contributed by atoms with Crippen molar-refractivity contribution < 1.29 is 24.0 Å². The Bertz CT molecular complexity index is 980. The van der Waals surface area contributed by atoms with Crippen molar-refractivity contribution >= 4 is 40.5 Å². The molecule has 1 fully saturated rings. The number of benzene rings is 2. The summed E-state index contributed by atoms with van der Waals surface area (Å²) in [6.07, 6.45) is -0.00510. The zero-order chi connectivity index (χ0) is 21.1. The summed E-state index contributed by atoms with van der Waals surface area (Å²) in [5, 5.41) is 14.1. The van der Waals surface area contributed by atoms with Crippen LogP contribution in [0.1, 0.15) is 6.42 Å². The molecule has 1 aliphatic heterocycles. The molecule has 0 spiro atoms. The standard InChI is InChI=1S/C19H18ClN3O6/c1-28-16-6-3-12(20)8-14(16)21-19(25)11-7-18(24)22(10-11)15-5-4-13(23(26)27)9-17(15)29-2/h3-6,8-9,11H,7,10H2,1-2H3,(H,21,25)/t11-/m1/s1. The molecule has 1 aliphatic rings. The predicted molar refractivity (Wildman–Crippen MR) is 107 cm³/mol. The molecule has 0 bridgehead atoms. The van der Waals surface area contributed by atoms with Crippen molar-refractivity contribution in [3.63, 3.8) is 0 Å². The maximum atomic E-state index is 12.7. The minimum Gasteiger partial charge on any atom is -0.495 e. The first-order chi connectivity index (χ1) is 13.8. The van der Waals surface area contributed by atoms with Crippen LogP contribution in [0, 0.1) is 16.0 Å². The normalized spacial score (nSPS) is 15.9. The number of halogens is 1. The fourth-order valence-electron chi connectivity index (χ4n) is 3.13. The number of hydrogen-bond acceptors (Lipinski definition) is 6. The number of carbonyl (C=O) groups is 2. The monoisotopic (exact) mass is 419 g/mol. The number of non-ortho nitro benzene ring substituents is 1. The number of methoxy groups -OCH3 is 2. The van der Waals surface area contributed by atoms with Crippen LogP contribution in [0.3, 0.4) is 0 Å². The number of nitro benzene ring substituents is 1. The van der Waals surface area contributed by atoms with E-state index < -0.39 is 10.8 Å². The summed E-state index contributed by atoms with van der Waals surface area (Å²) in [6.45, 7) is 0.113. The number of amides is 2. The van der Waals surface area contributed by atoms with Crippen LogP contribution >= 0.6 is 11.6 Å². The minimum absolute atomic E-state index is 0.00510. The summed E-state index contributed by atoms with van der Waals surface area (Å²) in [6, 6.07) is 8.80. The van der Waals surface area contributed by atoms with Gasteiger partial charge in [0.15, 0.2) is 0 Å². The summed E-state index contributed by atoms with van der Waals surface area (Å²) in [5.41, 5.74) is 0.627. The molecule has 29 heavy (non-hydrogen) atoms. The zero-order valence-corrected chi connectivity index (χ0v) is 16.4. The first-order valence-electron chi connectivity index (χ1n) is 8.61. The van der Waals surface area contributed by atoms with Gasteiger partial charge in [0, 0.05) is 24.1 Å². The van der Waals surface area contributed by atoms with E-state index in [0.29, 0.717) is 22.1 Å². The van der Waals surface area contributed by atoms with E-state index in [9.17, 15) is 19.7 Å². The lowest BCUT2D eigenvalue weighted by Gasteiger charge is -2.19. The Hall–Kier alpha value is -3.33. The molecule has 2 aromatic rings. The van der Waals surface area contributed by atoms with E-state index in [1.54, 1.807) is 18.2 Å². The van der Waals surface area contributed by atoms with E-state index in [2.05, 4.69) is 5.32 Å². The van der Waals surface area contributed by atoms with Gasteiger partial charge in [0.1, 0.15) is 11.5 Å². The third-order valence-corrected chi connectivity index (χ3v) is 4.82. The maximum absolute atomic E-state index is 12.7. The Labute approximate surface area is 171 Å². The van der Waals surface area contributed by atoms with Crippen molar-refractivity contribution in [3.05, 3.63) is 51.5 Å². The third-order valence-electron chi connectivity index (χ3n) is 4.58. The highest BCUT2D eigenvalue weighted by Crippen LogP contribution is 2.36. The highest BCUT2D eigenvalue weighted by atomic mass is 35.5. The quantitative estimate of drug-likeness (QED) is 0.568. The molecular weight excluding hydrogens is 402 g/mol. The van der Waals surface area contributed by atoms with E-state index in [0.717, 1.165) is 0 Å². The number of nitrogens with zero attached hydrogens (tertiary/aromatic N) is 2. The molecule has 0 saturated carbocycles. The molecule has 0 unspecified atom stereocenters. The van der Waals surface area contributed by atoms with Crippen molar-refractivity contribution in [1.29, 1.82) is 0 Å². The topological polar surface area (TPSA) is 111 Å². The van der Waals surface area contributed by atoms with E-state index in [1.165, 1.54) is 37.3 Å². The Morgan fingerprint density at radius 3 is 2.59 bits per heavy atom. The largest absolute Gasteiger partial charge is 0.495 e. The molecule has 9 nitrogen and oxygen atoms in total. The second-order valence-electron chi connectivity index (χ2n) is 6.35. The van der Waals surface area contributed by atoms with E-state index >= 15 is 0 Å². The van der Waals surface area contributed by atoms with Crippen LogP contribution in [0.25, 0.3) is 0 Å². The molecule has 1 atom stereocenters. The summed E-state index contributed by atoms with van der Waals surface area (Å²) in [7, 11) is 2.83. The Morgan fingerprint density at radius 1 is 1.21 bits per heavy atom. The average Bonchev–Trinajstić information content (AvgIpc) is 3.09. The van der Waals surface area contributed by atoms with Gasteiger partial charge in [-0.3, -0.25) is 19.7 Å². The molecule has 10 heteroatoms. The van der Waals surface area contributed by atoms with Crippen molar-refractivity contribution in [1.82, 2.24) is 0 Å². The van der Waals surface area contributed by atoms with Gasteiger partial charge >= 0.3 is 0 Å². The first kappa shape index (κ1) is 20.4. The zero-order valence-electron chi connectivity index (χ0n) is 15.7. The molecule has 1 heterocycles. The van der Waals surface area contributed by atoms with Crippen molar-refractivity contribution in [2.75, 3.05) is 31.0 Å². The summed E-state index contributed by atoms with van der Waals surface area (Å²) in [4.78, 5) is 37.0. The molecule has 2 amide bonds.